The van der Waals surface area contributed by atoms with E-state index >= 15 is 0 Å². The van der Waals surface area contributed by atoms with Crippen molar-refractivity contribution in [2.24, 2.45) is 5.16 Å². The minimum atomic E-state index is 0.195. The van der Waals surface area contributed by atoms with Gasteiger partial charge in [0.05, 0.1) is 12.8 Å². The largest absolute Gasteiger partial charge is 0.496 e. The standard InChI is InChI=1S/C16H24N2O2/c1-12-9-15(20-17-12)11-18(3)13(2)10-14-7-5-6-8-16(14)19-4/h5-8,13,15H,9-11H2,1-4H3. The molecule has 0 fully saturated rings. The van der Waals surface area contributed by atoms with Crippen LogP contribution in [-0.4, -0.2) is 43.5 Å². The van der Waals surface area contributed by atoms with Crippen molar-refractivity contribution in [1.82, 2.24) is 4.90 Å². The number of hydrogen-bond donors (Lipinski definition) is 0. The number of ether oxygens (including phenoxy) is 1. The zero-order valence-electron chi connectivity index (χ0n) is 12.8. The molecule has 0 bridgehead atoms. The number of para-hydroxylation sites is 1. The average Bonchev–Trinajstić information content (AvgIpc) is 2.84. The molecule has 0 saturated heterocycles. The van der Waals surface area contributed by atoms with Crippen LogP contribution in [0.5, 0.6) is 5.75 Å². The molecule has 0 N–H and O–H groups in total. The Bertz CT molecular complexity index is 473. The van der Waals surface area contributed by atoms with Gasteiger partial charge in [-0.25, -0.2) is 0 Å². The van der Waals surface area contributed by atoms with E-state index in [0.717, 1.165) is 30.8 Å². The molecule has 1 aromatic rings. The van der Waals surface area contributed by atoms with Crippen LogP contribution in [0.15, 0.2) is 29.4 Å². The highest BCUT2D eigenvalue weighted by Gasteiger charge is 2.22. The van der Waals surface area contributed by atoms with E-state index in [1.165, 1.54) is 5.56 Å². The van der Waals surface area contributed by atoms with Crippen LogP contribution in [0.4, 0.5) is 0 Å². The molecule has 0 spiro atoms. The third kappa shape index (κ3) is 3.73. The molecule has 4 heteroatoms. The third-order valence-corrected chi connectivity index (χ3v) is 3.83. The number of nitrogens with zero attached hydrogens (tertiary/aromatic N) is 2. The van der Waals surface area contributed by atoms with E-state index < -0.39 is 0 Å². The molecule has 1 aliphatic heterocycles. The van der Waals surface area contributed by atoms with Crippen molar-refractivity contribution in [2.75, 3.05) is 20.7 Å². The maximum Gasteiger partial charge on any atom is 0.145 e. The maximum absolute atomic E-state index is 5.41. The first-order valence-electron chi connectivity index (χ1n) is 7.11. The number of rotatable bonds is 6. The van der Waals surface area contributed by atoms with Crippen LogP contribution < -0.4 is 4.74 Å². The van der Waals surface area contributed by atoms with Gasteiger partial charge in [-0.2, -0.15) is 0 Å². The number of benzene rings is 1. The summed E-state index contributed by atoms with van der Waals surface area (Å²) in [5.74, 6) is 0.962. The lowest BCUT2D eigenvalue weighted by Gasteiger charge is -2.27. The van der Waals surface area contributed by atoms with Gasteiger partial charge in [-0.3, -0.25) is 4.90 Å². The van der Waals surface area contributed by atoms with Gasteiger partial charge in [0.2, 0.25) is 0 Å². The molecule has 2 atom stereocenters. The molecule has 0 amide bonds. The van der Waals surface area contributed by atoms with Crippen molar-refractivity contribution in [3.8, 4) is 5.75 Å². The van der Waals surface area contributed by atoms with E-state index in [2.05, 4.69) is 36.2 Å². The summed E-state index contributed by atoms with van der Waals surface area (Å²) in [5, 5.41) is 4.01. The highest BCUT2D eigenvalue weighted by molar-refractivity contribution is 5.82. The van der Waals surface area contributed by atoms with Crippen LogP contribution in [0.25, 0.3) is 0 Å². The molecule has 1 aromatic carbocycles. The van der Waals surface area contributed by atoms with Gasteiger partial charge in [-0.15, -0.1) is 0 Å². The van der Waals surface area contributed by atoms with Gasteiger partial charge in [0.15, 0.2) is 0 Å². The normalized spacial score (nSPS) is 19.6. The fourth-order valence-electron chi connectivity index (χ4n) is 2.51. The number of oxime groups is 1. The Morgan fingerprint density at radius 3 is 2.85 bits per heavy atom. The fourth-order valence-corrected chi connectivity index (χ4v) is 2.51. The van der Waals surface area contributed by atoms with E-state index in [0.29, 0.717) is 6.04 Å². The van der Waals surface area contributed by atoms with E-state index in [1.807, 2.05) is 19.1 Å². The van der Waals surface area contributed by atoms with Crippen molar-refractivity contribution in [1.29, 1.82) is 0 Å². The van der Waals surface area contributed by atoms with Crippen molar-refractivity contribution >= 4 is 5.71 Å². The summed E-state index contributed by atoms with van der Waals surface area (Å²) in [4.78, 5) is 7.73. The molecule has 2 rings (SSSR count). The topological polar surface area (TPSA) is 34.1 Å². The molecule has 2 unspecified atom stereocenters. The summed E-state index contributed by atoms with van der Waals surface area (Å²) in [5.41, 5.74) is 2.33. The quantitative estimate of drug-likeness (QED) is 0.801. The Hall–Kier alpha value is -1.55. The molecule has 0 saturated carbocycles. The lowest BCUT2D eigenvalue weighted by molar-refractivity contribution is 0.0502. The van der Waals surface area contributed by atoms with Gasteiger partial charge in [-0.1, -0.05) is 23.4 Å². The molecule has 1 aliphatic rings. The maximum atomic E-state index is 5.41. The van der Waals surface area contributed by atoms with Gasteiger partial charge >= 0.3 is 0 Å². The Labute approximate surface area is 121 Å². The summed E-state index contributed by atoms with van der Waals surface area (Å²) >= 11 is 0. The Balaban J connectivity index is 1.89. The zero-order chi connectivity index (χ0) is 14.5. The SMILES string of the molecule is COc1ccccc1CC(C)N(C)CC1CC(C)=NO1. The molecule has 0 aromatic heterocycles. The van der Waals surface area contributed by atoms with Crippen LogP contribution >= 0.6 is 0 Å². The van der Waals surface area contributed by atoms with Crippen LogP contribution in [-0.2, 0) is 11.3 Å². The predicted molar refractivity (Wildman–Crippen MR) is 81.4 cm³/mol. The molecule has 0 aliphatic carbocycles. The molecule has 4 nitrogen and oxygen atoms in total. The van der Waals surface area contributed by atoms with E-state index in [9.17, 15) is 0 Å². The molecule has 110 valence electrons. The number of hydrogen-bond acceptors (Lipinski definition) is 4. The van der Waals surface area contributed by atoms with Gasteiger partial charge in [0.1, 0.15) is 11.9 Å². The smallest absolute Gasteiger partial charge is 0.145 e. The Morgan fingerprint density at radius 2 is 2.20 bits per heavy atom. The average molecular weight is 276 g/mol. The second kappa shape index (κ2) is 6.75. The van der Waals surface area contributed by atoms with Crippen LogP contribution in [0.3, 0.4) is 0 Å². The first kappa shape index (κ1) is 14.9. The van der Waals surface area contributed by atoms with Crippen molar-refractivity contribution in [3.05, 3.63) is 29.8 Å². The third-order valence-electron chi connectivity index (χ3n) is 3.83. The monoisotopic (exact) mass is 276 g/mol. The molecule has 1 heterocycles. The highest BCUT2D eigenvalue weighted by atomic mass is 16.6. The molecular weight excluding hydrogens is 252 g/mol. The summed E-state index contributed by atoms with van der Waals surface area (Å²) in [7, 11) is 3.86. The van der Waals surface area contributed by atoms with Crippen LogP contribution in [0, 0.1) is 0 Å². The van der Waals surface area contributed by atoms with E-state index in [4.69, 9.17) is 9.57 Å². The summed E-state index contributed by atoms with van der Waals surface area (Å²) in [6, 6.07) is 8.63. The van der Waals surface area contributed by atoms with Crippen LogP contribution in [0.2, 0.25) is 0 Å². The second-order valence-corrected chi connectivity index (χ2v) is 5.56. The van der Waals surface area contributed by atoms with Gasteiger partial charge in [0.25, 0.3) is 0 Å². The molecule has 20 heavy (non-hydrogen) atoms. The van der Waals surface area contributed by atoms with Gasteiger partial charge in [0, 0.05) is 19.0 Å². The van der Waals surface area contributed by atoms with E-state index in [1.54, 1.807) is 7.11 Å². The molecule has 0 radical (unpaired) electrons. The summed E-state index contributed by atoms with van der Waals surface area (Å²) in [6.07, 6.45) is 2.10. The lowest BCUT2D eigenvalue weighted by Crippen LogP contribution is -2.37. The van der Waals surface area contributed by atoms with Crippen molar-refractivity contribution < 1.29 is 9.57 Å². The highest BCUT2D eigenvalue weighted by Crippen LogP contribution is 2.21. The summed E-state index contributed by atoms with van der Waals surface area (Å²) in [6.45, 7) is 5.14. The lowest BCUT2D eigenvalue weighted by atomic mass is 10.0. The zero-order valence-corrected chi connectivity index (χ0v) is 12.8. The summed E-state index contributed by atoms with van der Waals surface area (Å²) < 4.78 is 5.41. The molecular formula is C16H24N2O2. The Morgan fingerprint density at radius 1 is 1.45 bits per heavy atom. The fraction of sp³-hybridized carbons (Fsp3) is 0.562. The number of methoxy groups -OCH3 is 1. The minimum Gasteiger partial charge on any atom is -0.496 e. The first-order valence-corrected chi connectivity index (χ1v) is 7.11. The van der Waals surface area contributed by atoms with Gasteiger partial charge < -0.3 is 9.57 Å². The van der Waals surface area contributed by atoms with Gasteiger partial charge in [-0.05, 0) is 38.9 Å². The number of likely N-dealkylation sites (N-methyl/N-ethyl adjacent to an activating group) is 1. The minimum absolute atomic E-state index is 0.195. The van der Waals surface area contributed by atoms with Crippen LogP contribution in [0.1, 0.15) is 25.8 Å². The van der Waals surface area contributed by atoms with E-state index in [-0.39, 0.29) is 6.10 Å². The Kier molecular flexibility index (Phi) is 5.01. The predicted octanol–water partition coefficient (Wildman–Crippen LogP) is 2.72. The first-order chi connectivity index (χ1) is 9.60. The second-order valence-electron chi connectivity index (χ2n) is 5.56. The van der Waals surface area contributed by atoms with Crippen molar-refractivity contribution in [3.63, 3.8) is 0 Å². The van der Waals surface area contributed by atoms with Crippen molar-refractivity contribution in [2.45, 2.75) is 38.8 Å².